The molecule has 0 N–H and O–H groups in total. The van der Waals surface area contributed by atoms with Gasteiger partial charge in [0.1, 0.15) is 0 Å². The summed E-state index contributed by atoms with van der Waals surface area (Å²) < 4.78 is 4.92. The Hall–Kier alpha value is -1.77. The third-order valence-corrected chi connectivity index (χ3v) is 2.07. The summed E-state index contributed by atoms with van der Waals surface area (Å²) in [4.78, 5) is 13.1. The molecule has 0 saturated heterocycles. The van der Waals surface area contributed by atoms with Gasteiger partial charge in [-0.25, -0.2) is 4.79 Å². The van der Waals surface area contributed by atoms with E-state index < -0.39 is 0 Å². The summed E-state index contributed by atoms with van der Waals surface area (Å²) >= 11 is 0. The first-order valence-electron chi connectivity index (χ1n) is 4.94. The summed E-state index contributed by atoms with van der Waals surface area (Å²) in [5.41, 5.74) is 1.42. The van der Waals surface area contributed by atoms with Gasteiger partial charge in [0.2, 0.25) is 0 Å². The molecule has 0 bridgehead atoms. The number of rotatable bonds is 0. The first-order valence-corrected chi connectivity index (χ1v) is 4.94. The van der Waals surface area contributed by atoms with Crippen molar-refractivity contribution in [3.05, 3.63) is 42.3 Å². The van der Waals surface area contributed by atoms with Crippen molar-refractivity contribution in [3.8, 4) is 0 Å². The zero-order valence-electron chi connectivity index (χ0n) is 9.28. The fraction of sp³-hybridized carbons (Fsp3) is 0.250. The maximum atomic E-state index is 11.3. The second-order valence-corrected chi connectivity index (χ2v) is 2.86. The number of nitrogens with zero attached hydrogens (tertiary/aromatic N) is 1. The Morgan fingerprint density at radius 3 is 2.53 bits per heavy atom. The fourth-order valence-electron chi connectivity index (χ4n) is 1.30. The molecule has 1 aromatic carbocycles. The van der Waals surface area contributed by atoms with Crippen LogP contribution in [0.5, 0.6) is 0 Å². The van der Waals surface area contributed by atoms with Crippen LogP contribution in [0.15, 0.2) is 36.7 Å². The summed E-state index contributed by atoms with van der Waals surface area (Å²) in [6.45, 7) is 7.63. The Balaban J connectivity index is 0.000000531. The molecular weight excluding hydrogens is 190 g/mol. The van der Waals surface area contributed by atoms with Crippen LogP contribution in [0.3, 0.4) is 0 Å². The molecule has 15 heavy (non-hydrogen) atoms. The SMILES string of the molecule is C=C1OC(=O)c2ccccc2N1C.CC. The normalized spacial score (nSPS) is 13.7. The maximum absolute atomic E-state index is 11.3. The van der Waals surface area contributed by atoms with Crippen LogP contribution in [0.25, 0.3) is 0 Å². The van der Waals surface area contributed by atoms with Crippen molar-refractivity contribution in [3.63, 3.8) is 0 Å². The van der Waals surface area contributed by atoms with Crippen molar-refractivity contribution >= 4 is 11.7 Å². The van der Waals surface area contributed by atoms with Crippen molar-refractivity contribution in [2.75, 3.05) is 11.9 Å². The van der Waals surface area contributed by atoms with Gasteiger partial charge in [0.25, 0.3) is 0 Å². The van der Waals surface area contributed by atoms with Crippen LogP contribution in [0.2, 0.25) is 0 Å². The van der Waals surface area contributed by atoms with Gasteiger partial charge in [0.15, 0.2) is 5.88 Å². The highest BCUT2D eigenvalue weighted by Crippen LogP contribution is 2.28. The molecule has 0 atom stereocenters. The third kappa shape index (κ3) is 2.01. The van der Waals surface area contributed by atoms with E-state index in [0.29, 0.717) is 11.4 Å². The number of fused-ring (bicyclic) bond motifs is 1. The number of ether oxygens (including phenoxy) is 1. The van der Waals surface area contributed by atoms with Crippen LogP contribution in [0, 0.1) is 0 Å². The monoisotopic (exact) mass is 205 g/mol. The quantitative estimate of drug-likeness (QED) is 0.610. The summed E-state index contributed by atoms with van der Waals surface area (Å²) in [5, 5.41) is 0. The zero-order chi connectivity index (χ0) is 11.4. The van der Waals surface area contributed by atoms with E-state index in [1.54, 1.807) is 11.0 Å². The molecule has 1 aromatic rings. The summed E-state index contributed by atoms with van der Waals surface area (Å²) in [6.07, 6.45) is 0. The average Bonchev–Trinajstić information content (AvgIpc) is 2.29. The molecule has 1 aliphatic heterocycles. The lowest BCUT2D eigenvalue weighted by molar-refractivity contribution is 0.0605. The molecule has 0 unspecified atom stereocenters. The highest BCUT2D eigenvalue weighted by molar-refractivity contribution is 5.98. The van der Waals surface area contributed by atoms with Crippen LogP contribution in [-0.2, 0) is 4.74 Å². The van der Waals surface area contributed by atoms with Crippen LogP contribution >= 0.6 is 0 Å². The van der Waals surface area contributed by atoms with Gasteiger partial charge in [0.05, 0.1) is 11.3 Å². The van der Waals surface area contributed by atoms with Gasteiger partial charge < -0.3 is 9.64 Å². The zero-order valence-corrected chi connectivity index (χ0v) is 9.28. The first-order chi connectivity index (χ1) is 7.20. The van der Waals surface area contributed by atoms with E-state index in [2.05, 4.69) is 6.58 Å². The van der Waals surface area contributed by atoms with Gasteiger partial charge >= 0.3 is 5.97 Å². The van der Waals surface area contributed by atoms with Gasteiger partial charge in [-0.15, -0.1) is 0 Å². The molecule has 0 saturated carbocycles. The fourth-order valence-corrected chi connectivity index (χ4v) is 1.30. The molecule has 3 heteroatoms. The molecule has 0 amide bonds. The van der Waals surface area contributed by atoms with E-state index in [0.717, 1.165) is 5.69 Å². The Labute approximate surface area is 90.0 Å². The van der Waals surface area contributed by atoms with Crippen LogP contribution < -0.4 is 4.90 Å². The Bertz CT molecular complexity index is 385. The van der Waals surface area contributed by atoms with Crippen molar-refractivity contribution in [1.82, 2.24) is 0 Å². The molecule has 0 aromatic heterocycles. The molecule has 1 aliphatic rings. The summed E-state index contributed by atoms with van der Waals surface area (Å²) in [6, 6.07) is 7.28. The van der Waals surface area contributed by atoms with E-state index >= 15 is 0 Å². The van der Waals surface area contributed by atoms with Crippen molar-refractivity contribution < 1.29 is 9.53 Å². The highest BCUT2D eigenvalue weighted by Gasteiger charge is 2.24. The Morgan fingerprint density at radius 2 is 1.87 bits per heavy atom. The Kier molecular flexibility index (Phi) is 3.50. The van der Waals surface area contributed by atoms with Crippen LogP contribution in [-0.4, -0.2) is 13.0 Å². The van der Waals surface area contributed by atoms with Crippen molar-refractivity contribution in [2.24, 2.45) is 0 Å². The molecule has 2 rings (SSSR count). The lowest BCUT2D eigenvalue weighted by atomic mass is 10.1. The number of esters is 1. The second-order valence-electron chi connectivity index (χ2n) is 2.86. The number of hydrogen-bond donors (Lipinski definition) is 0. The molecule has 0 radical (unpaired) electrons. The van der Waals surface area contributed by atoms with Gasteiger partial charge in [-0.1, -0.05) is 26.0 Å². The molecule has 80 valence electrons. The van der Waals surface area contributed by atoms with Gasteiger partial charge in [-0.3, -0.25) is 0 Å². The number of carbonyl (C=O) groups excluding carboxylic acids is 1. The minimum Gasteiger partial charge on any atom is -0.406 e. The highest BCUT2D eigenvalue weighted by atomic mass is 16.6. The van der Waals surface area contributed by atoms with Gasteiger partial charge in [-0.05, 0) is 18.7 Å². The molecule has 0 spiro atoms. The van der Waals surface area contributed by atoms with E-state index in [4.69, 9.17) is 4.74 Å². The van der Waals surface area contributed by atoms with E-state index in [1.165, 1.54) is 0 Å². The number of carbonyl (C=O) groups is 1. The number of benzene rings is 1. The van der Waals surface area contributed by atoms with Crippen molar-refractivity contribution in [2.45, 2.75) is 13.8 Å². The molecular formula is C12H15NO2. The summed E-state index contributed by atoms with van der Waals surface area (Å²) in [5.74, 6) is 0.0300. The van der Waals surface area contributed by atoms with E-state index in [1.807, 2.05) is 39.1 Å². The van der Waals surface area contributed by atoms with Crippen LogP contribution in [0.4, 0.5) is 5.69 Å². The number of hydrogen-bond acceptors (Lipinski definition) is 3. The smallest absolute Gasteiger partial charge is 0.346 e. The third-order valence-electron chi connectivity index (χ3n) is 2.07. The predicted molar refractivity (Wildman–Crippen MR) is 60.7 cm³/mol. The minimum atomic E-state index is -0.335. The maximum Gasteiger partial charge on any atom is 0.346 e. The predicted octanol–water partition coefficient (Wildman–Crippen LogP) is 2.79. The average molecular weight is 205 g/mol. The molecule has 1 heterocycles. The van der Waals surface area contributed by atoms with Gasteiger partial charge in [-0.2, -0.15) is 0 Å². The second kappa shape index (κ2) is 4.64. The number of cyclic esters (lactones) is 1. The topological polar surface area (TPSA) is 29.5 Å². The van der Waals surface area contributed by atoms with Crippen molar-refractivity contribution in [1.29, 1.82) is 0 Å². The van der Waals surface area contributed by atoms with Gasteiger partial charge in [0, 0.05) is 7.05 Å². The largest absolute Gasteiger partial charge is 0.406 e. The number of anilines is 1. The molecule has 3 nitrogen and oxygen atoms in total. The lowest BCUT2D eigenvalue weighted by Gasteiger charge is -2.27. The summed E-state index contributed by atoms with van der Waals surface area (Å²) in [7, 11) is 1.81. The van der Waals surface area contributed by atoms with Crippen LogP contribution in [0.1, 0.15) is 24.2 Å². The lowest BCUT2D eigenvalue weighted by Crippen LogP contribution is -2.27. The molecule has 0 aliphatic carbocycles. The first kappa shape index (κ1) is 11.3. The Morgan fingerprint density at radius 1 is 1.27 bits per heavy atom. The number of para-hydroxylation sites is 1. The van der Waals surface area contributed by atoms with E-state index in [-0.39, 0.29) is 5.97 Å². The minimum absolute atomic E-state index is 0.335. The standard InChI is InChI=1S/C10H9NO2.C2H6/c1-7-11(2)9-6-4-3-5-8(9)10(12)13-7;1-2/h3-6H,1H2,2H3;1-2H3. The molecule has 0 fully saturated rings. The van der Waals surface area contributed by atoms with E-state index in [9.17, 15) is 4.79 Å².